The van der Waals surface area contributed by atoms with Gasteiger partial charge in [-0.15, -0.1) is 0 Å². The fourth-order valence-corrected chi connectivity index (χ4v) is 5.32. The number of para-hydroxylation sites is 1. The van der Waals surface area contributed by atoms with Crippen LogP contribution in [-0.2, 0) is 26.0 Å². The third kappa shape index (κ3) is 5.10. The summed E-state index contributed by atoms with van der Waals surface area (Å²) < 4.78 is 41.0. The first-order valence-electron chi connectivity index (χ1n) is 10.1. The van der Waals surface area contributed by atoms with E-state index in [-0.39, 0.29) is 36.8 Å². The molecular formula is C22H26BrN3O5S. The van der Waals surface area contributed by atoms with Crippen LogP contribution in [0.5, 0.6) is 0 Å². The first-order chi connectivity index (χ1) is 15.3. The number of fused-ring (bicyclic) bond motifs is 1. The summed E-state index contributed by atoms with van der Waals surface area (Å²) >= 11 is 3.33. The maximum absolute atomic E-state index is 13.6. The predicted molar refractivity (Wildman–Crippen MR) is 126 cm³/mol. The van der Waals surface area contributed by atoms with Crippen molar-refractivity contribution < 1.29 is 17.9 Å². The Kier molecular flexibility index (Phi) is 8.18. The van der Waals surface area contributed by atoms with E-state index < -0.39 is 16.1 Å². The molecular weight excluding hydrogens is 498 g/mol. The third-order valence-electron chi connectivity index (χ3n) is 5.15. The van der Waals surface area contributed by atoms with E-state index in [1.54, 1.807) is 50.4 Å². The first kappa shape index (κ1) is 24.5. The second kappa shape index (κ2) is 10.7. The largest absolute Gasteiger partial charge is 0.383 e. The number of hydrogen-bond donors (Lipinski definition) is 0. The molecule has 8 nitrogen and oxygen atoms in total. The number of sulfonamides is 1. The Hall–Kier alpha value is -2.11. The van der Waals surface area contributed by atoms with Gasteiger partial charge in [0, 0.05) is 25.2 Å². The molecule has 0 N–H and O–H groups in total. The number of ether oxygens (including phenoxy) is 2. The molecule has 0 bridgehead atoms. The minimum absolute atomic E-state index is 0.100. The van der Waals surface area contributed by atoms with Crippen molar-refractivity contribution in [2.45, 2.75) is 24.4 Å². The second-order valence-electron chi connectivity index (χ2n) is 7.18. The van der Waals surface area contributed by atoms with Gasteiger partial charge < -0.3 is 9.47 Å². The zero-order chi connectivity index (χ0) is 23.3. The van der Waals surface area contributed by atoms with Crippen LogP contribution in [0.3, 0.4) is 0 Å². The number of rotatable bonds is 10. The summed E-state index contributed by atoms with van der Waals surface area (Å²) in [6, 6.07) is 12.7. The highest BCUT2D eigenvalue weighted by Crippen LogP contribution is 2.27. The number of nitrogens with zero attached hydrogens (tertiary/aromatic N) is 3. The molecule has 0 spiro atoms. The molecule has 0 saturated heterocycles. The maximum Gasteiger partial charge on any atom is 0.261 e. The molecule has 1 heterocycles. The van der Waals surface area contributed by atoms with Crippen molar-refractivity contribution in [2.75, 3.05) is 34.0 Å². The molecule has 3 aromatic rings. The number of methoxy groups -OCH3 is 2. The molecule has 2 aromatic carbocycles. The molecule has 32 heavy (non-hydrogen) atoms. The smallest absolute Gasteiger partial charge is 0.261 e. The van der Waals surface area contributed by atoms with Crippen LogP contribution in [0.2, 0.25) is 0 Å². The van der Waals surface area contributed by atoms with E-state index in [1.165, 1.54) is 28.1 Å². The summed E-state index contributed by atoms with van der Waals surface area (Å²) in [7, 11) is -0.836. The van der Waals surface area contributed by atoms with E-state index >= 15 is 0 Å². The predicted octanol–water partition coefficient (Wildman–Crippen LogP) is 3.20. The average Bonchev–Trinajstić information content (AvgIpc) is 2.78. The summed E-state index contributed by atoms with van der Waals surface area (Å²) in [5, 5.41) is 0.471. The number of halogens is 1. The SMILES string of the molecule is COCCN(C(C)c1nc2ccccc2c(=O)n1CCOC)S(=O)(=O)c1ccc(Br)cc1. The highest BCUT2D eigenvalue weighted by Gasteiger charge is 2.32. The van der Waals surface area contributed by atoms with Gasteiger partial charge in [-0.1, -0.05) is 28.1 Å². The maximum atomic E-state index is 13.6. The van der Waals surface area contributed by atoms with Crippen LogP contribution < -0.4 is 5.56 Å². The van der Waals surface area contributed by atoms with Gasteiger partial charge in [0.15, 0.2) is 0 Å². The minimum Gasteiger partial charge on any atom is -0.383 e. The Morgan fingerprint density at radius 3 is 2.38 bits per heavy atom. The van der Waals surface area contributed by atoms with Crippen molar-refractivity contribution in [1.82, 2.24) is 13.9 Å². The van der Waals surface area contributed by atoms with Crippen molar-refractivity contribution >= 4 is 36.9 Å². The van der Waals surface area contributed by atoms with E-state index in [0.717, 1.165) is 4.47 Å². The molecule has 0 amide bonds. The van der Waals surface area contributed by atoms with E-state index in [4.69, 9.17) is 14.5 Å². The van der Waals surface area contributed by atoms with Gasteiger partial charge in [0.1, 0.15) is 5.82 Å². The van der Waals surface area contributed by atoms with Crippen molar-refractivity contribution in [3.63, 3.8) is 0 Å². The monoisotopic (exact) mass is 523 g/mol. The van der Waals surface area contributed by atoms with Crippen LogP contribution in [0.1, 0.15) is 18.8 Å². The van der Waals surface area contributed by atoms with Crippen LogP contribution in [-0.4, -0.2) is 56.3 Å². The highest BCUT2D eigenvalue weighted by atomic mass is 79.9. The van der Waals surface area contributed by atoms with Crippen molar-refractivity contribution in [1.29, 1.82) is 0 Å². The molecule has 10 heteroatoms. The van der Waals surface area contributed by atoms with Gasteiger partial charge in [-0.3, -0.25) is 9.36 Å². The molecule has 0 aliphatic rings. The zero-order valence-corrected chi connectivity index (χ0v) is 20.6. The molecule has 0 radical (unpaired) electrons. The highest BCUT2D eigenvalue weighted by molar-refractivity contribution is 9.10. The zero-order valence-electron chi connectivity index (χ0n) is 18.2. The lowest BCUT2D eigenvalue weighted by Gasteiger charge is -2.29. The summed E-state index contributed by atoms with van der Waals surface area (Å²) in [5.41, 5.74) is 0.281. The molecule has 1 aromatic heterocycles. The quantitative estimate of drug-likeness (QED) is 0.405. The molecule has 1 atom stereocenters. The third-order valence-corrected chi connectivity index (χ3v) is 7.66. The normalized spacial score (nSPS) is 13.0. The Labute approximate surface area is 196 Å². The van der Waals surface area contributed by atoms with Crippen LogP contribution in [0.4, 0.5) is 0 Å². The van der Waals surface area contributed by atoms with E-state index in [0.29, 0.717) is 16.7 Å². The number of benzene rings is 2. The molecule has 0 aliphatic heterocycles. The summed E-state index contributed by atoms with van der Waals surface area (Å²) in [6.45, 7) is 2.56. The molecule has 0 saturated carbocycles. The van der Waals surface area contributed by atoms with Gasteiger partial charge in [0.05, 0.1) is 41.6 Å². The van der Waals surface area contributed by atoms with E-state index in [2.05, 4.69) is 15.9 Å². The number of hydrogen-bond acceptors (Lipinski definition) is 6. The standard InChI is InChI=1S/C22H26BrN3O5S/c1-16(26(13-15-31-3)32(28,29)18-10-8-17(23)9-11-18)21-24-20-7-5-4-6-19(20)22(27)25(21)12-14-30-2/h4-11,16H,12-15H2,1-3H3. The van der Waals surface area contributed by atoms with Gasteiger partial charge in [0.2, 0.25) is 10.0 Å². The Morgan fingerprint density at radius 1 is 1.06 bits per heavy atom. The van der Waals surface area contributed by atoms with Gasteiger partial charge >= 0.3 is 0 Å². The van der Waals surface area contributed by atoms with Crippen molar-refractivity contribution in [3.8, 4) is 0 Å². The van der Waals surface area contributed by atoms with Crippen LogP contribution in [0, 0.1) is 0 Å². The van der Waals surface area contributed by atoms with E-state index in [1.807, 2.05) is 0 Å². The molecule has 1 unspecified atom stereocenters. The molecule has 0 fully saturated rings. The van der Waals surface area contributed by atoms with Gasteiger partial charge in [-0.05, 0) is 43.3 Å². The molecule has 172 valence electrons. The Morgan fingerprint density at radius 2 is 1.72 bits per heavy atom. The summed E-state index contributed by atoms with van der Waals surface area (Å²) in [6.07, 6.45) is 0. The Balaban J connectivity index is 2.16. The average molecular weight is 524 g/mol. The van der Waals surface area contributed by atoms with Crippen LogP contribution in [0.25, 0.3) is 10.9 Å². The van der Waals surface area contributed by atoms with Gasteiger partial charge in [-0.25, -0.2) is 13.4 Å². The summed E-state index contributed by atoms with van der Waals surface area (Å²) in [5.74, 6) is 0.350. The lowest BCUT2D eigenvalue weighted by Crippen LogP contribution is -2.39. The van der Waals surface area contributed by atoms with Gasteiger partial charge in [0.25, 0.3) is 5.56 Å². The molecule has 0 aliphatic carbocycles. The first-order valence-corrected chi connectivity index (χ1v) is 12.3. The topological polar surface area (TPSA) is 90.7 Å². The van der Waals surface area contributed by atoms with E-state index in [9.17, 15) is 13.2 Å². The fraction of sp³-hybridized carbons (Fsp3) is 0.364. The van der Waals surface area contributed by atoms with Crippen molar-refractivity contribution in [3.05, 3.63) is 69.2 Å². The second-order valence-corrected chi connectivity index (χ2v) is 9.98. The van der Waals surface area contributed by atoms with Gasteiger partial charge in [-0.2, -0.15) is 4.31 Å². The summed E-state index contributed by atoms with van der Waals surface area (Å²) in [4.78, 5) is 18.1. The van der Waals surface area contributed by atoms with Crippen molar-refractivity contribution in [2.24, 2.45) is 0 Å². The van der Waals surface area contributed by atoms with Crippen LogP contribution >= 0.6 is 15.9 Å². The number of aromatic nitrogens is 2. The molecule has 3 rings (SSSR count). The fourth-order valence-electron chi connectivity index (χ4n) is 3.48. The Bertz CT molecular complexity index is 1230. The lowest BCUT2D eigenvalue weighted by molar-refractivity contribution is 0.163. The lowest BCUT2D eigenvalue weighted by atomic mass is 10.2. The minimum atomic E-state index is -3.89. The van der Waals surface area contributed by atoms with Crippen LogP contribution in [0.15, 0.2) is 62.7 Å².